The number of nitrogens with one attached hydrogen (secondary N) is 3. The minimum atomic E-state index is -0.295. The molecule has 6 nitrogen and oxygen atoms in total. The summed E-state index contributed by atoms with van der Waals surface area (Å²) in [5.74, 6) is -0.112. The maximum absolute atomic E-state index is 11.7. The maximum atomic E-state index is 11.7. The van der Waals surface area contributed by atoms with E-state index in [1.165, 1.54) is 0 Å². The lowest BCUT2D eigenvalue weighted by atomic mass is 10.1. The Morgan fingerprint density at radius 1 is 1.08 bits per heavy atom. The zero-order chi connectivity index (χ0) is 18.2. The molecule has 24 heavy (non-hydrogen) atoms. The Labute approximate surface area is 157 Å². The van der Waals surface area contributed by atoms with Gasteiger partial charge in [0.15, 0.2) is 0 Å². The van der Waals surface area contributed by atoms with Crippen LogP contribution in [-0.2, 0) is 14.1 Å². The molecule has 0 aromatic carbocycles. The summed E-state index contributed by atoms with van der Waals surface area (Å²) in [6, 6.07) is -0.295. The molecule has 0 spiro atoms. The van der Waals surface area contributed by atoms with Gasteiger partial charge in [-0.3, -0.25) is 19.8 Å². The molecule has 0 fully saturated rings. The lowest BCUT2D eigenvalue weighted by molar-refractivity contribution is -0.135. The molecular formula is C12H31N3O3P6. The highest BCUT2D eigenvalue weighted by Gasteiger charge is 2.16. The first-order valence-electron chi connectivity index (χ1n) is 7.93. The second-order valence-corrected chi connectivity index (χ2v) is 13.0. The Morgan fingerprint density at radius 2 is 1.79 bits per heavy atom. The third-order valence-corrected chi connectivity index (χ3v) is 6.02. The predicted octanol–water partition coefficient (Wildman–Crippen LogP) is 3.08. The molecule has 6 atom stereocenters. The fourth-order valence-electron chi connectivity index (χ4n) is 1.98. The summed E-state index contributed by atoms with van der Waals surface area (Å²) in [5.41, 5.74) is 0. The molecule has 142 valence electrons. The van der Waals surface area contributed by atoms with Gasteiger partial charge in [0.1, 0.15) is 6.04 Å². The van der Waals surface area contributed by atoms with E-state index in [1.54, 1.807) is 0 Å². The topological polar surface area (TPSA) is 79.5 Å². The van der Waals surface area contributed by atoms with E-state index in [-0.39, 0.29) is 33.9 Å². The smallest absolute Gasteiger partial charge is 0.326 e. The minimum absolute atomic E-state index is 0.0893. The summed E-state index contributed by atoms with van der Waals surface area (Å²) in [7, 11) is 10.1. The van der Waals surface area contributed by atoms with Crippen LogP contribution in [-0.4, -0.2) is 31.0 Å². The van der Waals surface area contributed by atoms with Gasteiger partial charge in [-0.05, 0) is 46.1 Å². The SMILES string of the molecule is O=C(CCCCCNP(P)P)NCCCCC(NP)C(=O)OPP. The van der Waals surface area contributed by atoms with Gasteiger partial charge < -0.3 is 9.84 Å². The van der Waals surface area contributed by atoms with Crippen LogP contribution in [0, 0.1) is 0 Å². The zero-order valence-electron chi connectivity index (χ0n) is 13.9. The highest BCUT2D eigenvalue weighted by atomic mass is 32.4. The van der Waals surface area contributed by atoms with Gasteiger partial charge in [0.05, 0.1) is 8.50 Å². The number of rotatable bonds is 15. The number of amides is 1. The Kier molecular flexibility index (Phi) is 18.9. The first-order chi connectivity index (χ1) is 11.5. The van der Waals surface area contributed by atoms with Crippen molar-refractivity contribution in [1.29, 1.82) is 0 Å². The van der Waals surface area contributed by atoms with Crippen molar-refractivity contribution in [3.05, 3.63) is 0 Å². The molecule has 0 rings (SSSR count). The third-order valence-electron chi connectivity index (χ3n) is 3.26. The highest BCUT2D eigenvalue weighted by molar-refractivity contribution is 8.42. The monoisotopic (exact) mass is 451 g/mol. The van der Waals surface area contributed by atoms with Crippen LogP contribution in [0.1, 0.15) is 44.9 Å². The van der Waals surface area contributed by atoms with Crippen LogP contribution >= 0.6 is 52.1 Å². The second kappa shape index (κ2) is 17.8. The van der Waals surface area contributed by atoms with E-state index in [0.717, 1.165) is 38.6 Å². The van der Waals surface area contributed by atoms with E-state index < -0.39 is 0 Å². The van der Waals surface area contributed by atoms with Crippen molar-refractivity contribution >= 4 is 64.0 Å². The van der Waals surface area contributed by atoms with Crippen LogP contribution in [0.5, 0.6) is 0 Å². The van der Waals surface area contributed by atoms with Crippen molar-refractivity contribution < 1.29 is 14.1 Å². The molecule has 0 heterocycles. The summed E-state index contributed by atoms with van der Waals surface area (Å²) >= 11 is 0. The second-order valence-electron chi connectivity index (χ2n) is 5.23. The van der Waals surface area contributed by atoms with Crippen molar-refractivity contribution in [1.82, 2.24) is 15.5 Å². The van der Waals surface area contributed by atoms with Gasteiger partial charge in [0.25, 0.3) is 0 Å². The molecule has 1 amide bonds. The Hall–Kier alpha value is 1.44. The molecule has 0 radical (unpaired) electrons. The van der Waals surface area contributed by atoms with Gasteiger partial charge >= 0.3 is 5.97 Å². The van der Waals surface area contributed by atoms with Gasteiger partial charge in [-0.25, -0.2) is 0 Å². The number of carbonyl (C=O) groups is 2. The van der Waals surface area contributed by atoms with Crippen molar-refractivity contribution in [2.75, 3.05) is 13.1 Å². The number of hydrogen-bond donors (Lipinski definition) is 3. The Balaban J connectivity index is 3.53. The van der Waals surface area contributed by atoms with E-state index in [0.29, 0.717) is 19.4 Å². The van der Waals surface area contributed by atoms with Gasteiger partial charge in [-0.2, -0.15) is 0 Å². The molecule has 0 aromatic rings. The molecule has 0 bridgehead atoms. The number of carbonyl (C=O) groups excluding carboxylic acids is 2. The normalized spacial score (nSPS) is 12.7. The van der Waals surface area contributed by atoms with E-state index in [2.05, 4.69) is 51.7 Å². The average molecular weight is 451 g/mol. The summed E-state index contributed by atoms with van der Waals surface area (Å²) in [6.07, 6.45) is 6.12. The van der Waals surface area contributed by atoms with E-state index >= 15 is 0 Å². The van der Waals surface area contributed by atoms with Crippen LogP contribution in [0.15, 0.2) is 0 Å². The van der Waals surface area contributed by atoms with Crippen LogP contribution in [0.25, 0.3) is 0 Å². The lowest BCUT2D eigenvalue weighted by Crippen LogP contribution is -2.31. The van der Waals surface area contributed by atoms with Crippen LogP contribution < -0.4 is 15.5 Å². The third kappa shape index (κ3) is 15.7. The largest absolute Gasteiger partial charge is 0.443 e. The first kappa shape index (κ1) is 25.4. The molecule has 0 saturated carbocycles. The molecule has 0 aromatic heterocycles. The predicted molar refractivity (Wildman–Crippen MR) is 120 cm³/mol. The fraction of sp³-hybridized carbons (Fsp3) is 0.833. The van der Waals surface area contributed by atoms with Crippen molar-refractivity contribution in [2.24, 2.45) is 0 Å². The number of hydrogen-bond acceptors (Lipinski definition) is 5. The van der Waals surface area contributed by atoms with Crippen LogP contribution in [0.3, 0.4) is 0 Å². The Morgan fingerprint density at radius 3 is 2.42 bits per heavy atom. The zero-order valence-corrected chi connectivity index (χ0v) is 20.4. The molecule has 6 unspecified atom stereocenters. The Bertz CT molecular complexity index is 352. The molecule has 0 aliphatic carbocycles. The standard InChI is InChI=1S/C12H31N3O3P6/c16-11(7-2-1-4-9-14-24(21)22)13-8-5-3-6-10(15-19)12(17)18-23-20/h10,14-15,23H,1-9,19-22H2,(H,13,16). The fourth-order valence-corrected chi connectivity index (χ4v) is 4.08. The molecular weight excluding hydrogens is 420 g/mol. The van der Waals surface area contributed by atoms with E-state index in [9.17, 15) is 9.59 Å². The maximum Gasteiger partial charge on any atom is 0.326 e. The number of unbranched alkanes of at least 4 members (excludes halogenated alkanes) is 3. The van der Waals surface area contributed by atoms with Gasteiger partial charge in [-0.1, -0.05) is 42.6 Å². The van der Waals surface area contributed by atoms with Gasteiger partial charge in [-0.15, -0.1) is 0 Å². The average Bonchev–Trinajstić information content (AvgIpc) is 2.54. The lowest BCUT2D eigenvalue weighted by Gasteiger charge is -2.14. The quantitative estimate of drug-likeness (QED) is 0.264. The van der Waals surface area contributed by atoms with E-state index in [1.807, 2.05) is 0 Å². The molecule has 3 N–H and O–H groups in total. The minimum Gasteiger partial charge on any atom is -0.443 e. The van der Waals surface area contributed by atoms with Crippen LogP contribution in [0.2, 0.25) is 0 Å². The van der Waals surface area contributed by atoms with Crippen molar-refractivity contribution in [2.45, 2.75) is 51.0 Å². The first-order valence-corrected chi connectivity index (χ1v) is 15.8. The van der Waals surface area contributed by atoms with E-state index in [4.69, 9.17) is 4.52 Å². The van der Waals surface area contributed by atoms with Gasteiger partial charge in [0, 0.05) is 13.0 Å². The van der Waals surface area contributed by atoms with Crippen LogP contribution in [0.4, 0.5) is 0 Å². The summed E-state index contributed by atoms with van der Waals surface area (Å²) in [4.78, 5) is 23.3. The summed E-state index contributed by atoms with van der Waals surface area (Å²) in [6.45, 7) is 1.67. The molecule has 0 aliphatic rings. The summed E-state index contributed by atoms with van der Waals surface area (Å²) in [5, 5.41) is 9.18. The molecule has 12 heteroatoms. The molecule has 0 aliphatic heterocycles. The molecule has 0 saturated heterocycles. The van der Waals surface area contributed by atoms with Gasteiger partial charge in [0.2, 0.25) is 5.91 Å². The van der Waals surface area contributed by atoms with Crippen molar-refractivity contribution in [3.8, 4) is 0 Å². The highest BCUT2D eigenvalue weighted by Crippen LogP contribution is 2.47. The summed E-state index contributed by atoms with van der Waals surface area (Å²) < 4.78 is 4.98. The van der Waals surface area contributed by atoms with Crippen molar-refractivity contribution in [3.63, 3.8) is 0 Å².